The fraction of sp³-hybridized carbons (Fsp3) is 0.125. The van der Waals surface area contributed by atoms with Gasteiger partial charge in [0.15, 0.2) is 0 Å². The topological polar surface area (TPSA) is 35.2 Å². The van der Waals surface area contributed by atoms with Gasteiger partial charge in [-0.2, -0.15) is 0 Å². The third-order valence-electron chi connectivity index (χ3n) is 2.56. The second kappa shape index (κ2) is 6.36. The summed E-state index contributed by atoms with van der Waals surface area (Å²) in [6, 6.07) is 17.7. The number of nitrogen functional groups attached to an aromatic ring is 1. The maximum Gasteiger partial charge on any atom is 0.127 e. The molecule has 0 aromatic heterocycles. The van der Waals surface area contributed by atoms with E-state index in [2.05, 4.69) is 12.0 Å². The zero-order chi connectivity index (χ0) is 12.6. The number of para-hydroxylation sites is 1. The largest absolute Gasteiger partial charge is 0.442 e. The molecule has 0 saturated carbocycles. The standard InChI is InChI=1S/C16H15NO/c17-16-11-5-4-10-15(16)13-18-12-6-9-14-7-2-1-3-8-14/h1-5,7-8,10-11H,9,13,17H2. The maximum absolute atomic E-state index is 5.80. The Balaban J connectivity index is 1.81. The van der Waals surface area contributed by atoms with Crippen LogP contribution in [0.1, 0.15) is 11.1 Å². The van der Waals surface area contributed by atoms with E-state index < -0.39 is 0 Å². The average molecular weight is 237 g/mol. The summed E-state index contributed by atoms with van der Waals surface area (Å²) in [4.78, 5) is 0. The van der Waals surface area contributed by atoms with Crippen molar-refractivity contribution in [3.05, 3.63) is 65.7 Å². The summed E-state index contributed by atoms with van der Waals surface area (Å²) in [5.41, 5.74) is 8.69. The Kier molecular flexibility index (Phi) is 4.27. The third kappa shape index (κ3) is 3.57. The fourth-order valence-electron chi connectivity index (χ4n) is 1.56. The van der Waals surface area contributed by atoms with Crippen molar-refractivity contribution in [1.82, 2.24) is 0 Å². The van der Waals surface area contributed by atoms with Gasteiger partial charge in [-0.15, -0.1) is 0 Å². The van der Waals surface area contributed by atoms with Gasteiger partial charge in [-0.1, -0.05) is 54.5 Å². The van der Waals surface area contributed by atoms with Crippen LogP contribution in [0.15, 0.2) is 54.6 Å². The molecule has 0 atom stereocenters. The fourth-order valence-corrected chi connectivity index (χ4v) is 1.56. The van der Waals surface area contributed by atoms with Crippen LogP contribution in [0.5, 0.6) is 0 Å². The van der Waals surface area contributed by atoms with Gasteiger partial charge in [0.25, 0.3) is 0 Å². The molecule has 0 aliphatic heterocycles. The Bertz CT molecular complexity index is 552. The highest BCUT2D eigenvalue weighted by Gasteiger charge is 1.95. The quantitative estimate of drug-likeness (QED) is 0.658. The van der Waals surface area contributed by atoms with E-state index >= 15 is 0 Å². The monoisotopic (exact) mass is 237 g/mol. The number of hydrogen-bond donors (Lipinski definition) is 1. The van der Waals surface area contributed by atoms with Crippen LogP contribution in [0, 0.1) is 12.0 Å². The molecule has 2 aromatic carbocycles. The molecule has 2 N–H and O–H groups in total. The molecule has 0 fully saturated rings. The highest BCUT2D eigenvalue weighted by atomic mass is 16.5. The lowest BCUT2D eigenvalue weighted by Crippen LogP contribution is -1.94. The first kappa shape index (κ1) is 12.1. The van der Waals surface area contributed by atoms with Crippen molar-refractivity contribution >= 4 is 5.69 Å². The molecular weight excluding hydrogens is 222 g/mol. The second-order valence-electron chi connectivity index (χ2n) is 3.93. The van der Waals surface area contributed by atoms with Crippen molar-refractivity contribution in [1.29, 1.82) is 0 Å². The Morgan fingerprint density at radius 2 is 1.67 bits per heavy atom. The number of hydrogen-bond acceptors (Lipinski definition) is 2. The van der Waals surface area contributed by atoms with E-state index in [1.807, 2.05) is 54.6 Å². The number of ether oxygens (including phenoxy) is 1. The van der Waals surface area contributed by atoms with E-state index in [1.165, 1.54) is 5.56 Å². The van der Waals surface area contributed by atoms with Crippen LogP contribution in [0.3, 0.4) is 0 Å². The van der Waals surface area contributed by atoms with Crippen molar-refractivity contribution in [2.45, 2.75) is 13.0 Å². The zero-order valence-corrected chi connectivity index (χ0v) is 10.1. The molecule has 0 aliphatic carbocycles. The molecule has 0 aliphatic rings. The van der Waals surface area contributed by atoms with Crippen LogP contribution in [-0.2, 0) is 17.8 Å². The SMILES string of the molecule is Nc1ccccc1COC#CCc1ccccc1. The molecule has 90 valence electrons. The number of rotatable bonds is 3. The first-order chi connectivity index (χ1) is 8.86. The smallest absolute Gasteiger partial charge is 0.127 e. The van der Waals surface area contributed by atoms with Crippen molar-refractivity contribution in [3.63, 3.8) is 0 Å². The minimum atomic E-state index is 0.425. The van der Waals surface area contributed by atoms with Gasteiger partial charge in [0.05, 0.1) is 0 Å². The van der Waals surface area contributed by atoms with E-state index in [0.29, 0.717) is 13.0 Å². The van der Waals surface area contributed by atoms with Gasteiger partial charge >= 0.3 is 0 Å². The first-order valence-electron chi connectivity index (χ1n) is 5.83. The van der Waals surface area contributed by atoms with Gasteiger partial charge in [0.1, 0.15) is 12.7 Å². The van der Waals surface area contributed by atoms with Gasteiger partial charge in [-0.3, -0.25) is 0 Å². The summed E-state index contributed by atoms with van der Waals surface area (Å²) in [5.74, 6) is 2.98. The first-order valence-corrected chi connectivity index (χ1v) is 5.83. The molecular formula is C16H15NO. The molecule has 0 heterocycles. The van der Waals surface area contributed by atoms with E-state index in [0.717, 1.165) is 11.3 Å². The molecule has 18 heavy (non-hydrogen) atoms. The predicted molar refractivity (Wildman–Crippen MR) is 73.6 cm³/mol. The van der Waals surface area contributed by atoms with Gasteiger partial charge < -0.3 is 10.5 Å². The van der Waals surface area contributed by atoms with Crippen LogP contribution >= 0.6 is 0 Å². The summed E-state index contributed by atoms with van der Waals surface area (Å²) in [6.45, 7) is 0.425. The maximum atomic E-state index is 5.80. The molecule has 2 aromatic rings. The number of benzene rings is 2. The van der Waals surface area contributed by atoms with Crippen molar-refractivity contribution in [2.75, 3.05) is 5.73 Å². The second-order valence-corrected chi connectivity index (χ2v) is 3.93. The van der Waals surface area contributed by atoms with Crippen LogP contribution < -0.4 is 5.73 Å². The van der Waals surface area contributed by atoms with E-state index in [-0.39, 0.29) is 0 Å². The summed E-state index contributed by atoms with van der Waals surface area (Å²) in [6.07, 6.45) is 3.40. The predicted octanol–water partition coefficient (Wildman–Crippen LogP) is 2.99. The lowest BCUT2D eigenvalue weighted by Gasteiger charge is -2.02. The lowest BCUT2D eigenvalue weighted by atomic mass is 10.2. The molecule has 0 unspecified atom stereocenters. The average Bonchev–Trinajstić information content (AvgIpc) is 2.42. The Morgan fingerprint density at radius 3 is 2.44 bits per heavy atom. The Labute approximate surface area is 107 Å². The molecule has 0 bridgehead atoms. The summed E-state index contributed by atoms with van der Waals surface area (Å²) >= 11 is 0. The number of nitrogens with two attached hydrogens (primary N) is 1. The molecule has 2 nitrogen and oxygen atoms in total. The molecule has 2 heteroatoms. The van der Waals surface area contributed by atoms with E-state index in [4.69, 9.17) is 10.5 Å². The summed E-state index contributed by atoms with van der Waals surface area (Å²) in [5, 5.41) is 0. The number of anilines is 1. The highest BCUT2D eigenvalue weighted by molar-refractivity contribution is 5.45. The third-order valence-corrected chi connectivity index (χ3v) is 2.56. The van der Waals surface area contributed by atoms with Gasteiger partial charge in [0.2, 0.25) is 0 Å². The van der Waals surface area contributed by atoms with Gasteiger partial charge in [-0.05, 0) is 11.6 Å². The van der Waals surface area contributed by atoms with Crippen LogP contribution in [-0.4, -0.2) is 0 Å². The van der Waals surface area contributed by atoms with Crippen LogP contribution in [0.2, 0.25) is 0 Å². The Morgan fingerprint density at radius 1 is 0.944 bits per heavy atom. The van der Waals surface area contributed by atoms with E-state index in [1.54, 1.807) is 0 Å². The zero-order valence-electron chi connectivity index (χ0n) is 10.1. The molecule has 0 radical (unpaired) electrons. The van der Waals surface area contributed by atoms with Gasteiger partial charge in [0, 0.05) is 17.7 Å². The van der Waals surface area contributed by atoms with Crippen LogP contribution in [0.25, 0.3) is 0 Å². The minimum Gasteiger partial charge on any atom is -0.442 e. The lowest BCUT2D eigenvalue weighted by molar-refractivity contribution is 0.265. The molecule has 0 amide bonds. The minimum absolute atomic E-state index is 0.425. The van der Waals surface area contributed by atoms with Crippen molar-refractivity contribution in [2.24, 2.45) is 0 Å². The van der Waals surface area contributed by atoms with Gasteiger partial charge in [-0.25, -0.2) is 0 Å². The van der Waals surface area contributed by atoms with Crippen LogP contribution in [0.4, 0.5) is 5.69 Å². The summed E-state index contributed by atoms with van der Waals surface area (Å²) in [7, 11) is 0. The summed E-state index contributed by atoms with van der Waals surface area (Å²) < 4.78 is 5.28. The van der Waals surface area contributed by atoms with Crippen molar-refractivity contribution < 1.29 is 4.74 Å². The van der Waals surface area contributed by atoms with E-state index in [9.17, 15) is 0 Å². The highest BCUT2D eigenvalue weighted by Crippen LogP contribution is 2.10. The molecule has 2 rings (SSSR count). The molecule has 0 spiro atoms. The van der Waals surface area contributed by atoms with Crippen molar-refractivity contribution in [3.8, 4) is 12.0 Å². The Hall–Kier alpha value is -2.40. The molecule has 0 saturated heterocycles. The normalized spacial score (nSPS) is 9.33.